The molecular formula is C22H25N5O6S. The van der Waals surface area contributed by atoms with Gasteiger partial charge in [-0.15, -0.1) is 5.10 Å². The Kier molecular flexibility index (Phi) is 6.91. The molecule has 1 N–H and O–H groups in total. The zero-order valence-electron chi connectivity index (χ0n) is 18.8. The number of hydrogen-bond donors (Lipinski definition) is 1. The highest BCUT2D eigenvalue weighted by Crippen LogP contribution is 2.20. The Morgan fingerprint density at radius 1 is 1.15 bits per heavy atom. The van der Waals surface area contributed by atoms with E-state index in [1.54, 1.807) is 22.9 Å². The van der Waals surface area contributed by atoms with E-state index in [1.807, 2.05) is 6.92 Å². The molecule has 1 aliphatic rings. The van der Waals surface area contributed by atoms with Crippen molar-refractivity contribution in [1.82, 2.24) is 19.3 Å². The first-order valence-corrected chi connectivity index (χ1v) is 12.3. The molecule has 0 radical (unpaired) electrons. The number of morpholine rings is 1. The van der Waals surface area contributed by atoms with E-state index in [9.17, 15) is 18.0 Å². The molecule has 0 bridgehead atoms. The maximum atomic E-state index is 12.7. The maximum Gasteiger partial charge on any atom is 0.338 e. The van der Waals surface area contributed by atoms with Gasteiger partial charge < -0.3 is 14.8 Å². The van der Waals surface area contributed by atoms with Gasteiger partial charge in [0.2, 0.25) is 10.0 Å². The number of aromatic nitrogens is 3. The molecule has 1 aliphatic heterocycles. The second-order valence-electron chi connectivity index (χ2n) is 7.69. The zero-order valence-corrected chi connectivity index (χ0v) is 19.6. The molecule has 1 amide bonds. The number of hydrogen-bond acceptors (Lipinski definition) is 8. The second-order valence-corrected chi connectivity index (χ2v) is 9.62. The SMILES string of the molecule is CCn1nnc2cc(C(=O)O[C@@H](C)C(=O)Nc3ccc(S(=O)(=O)N4CCOCC4)cc3)ccc21. The van der Waals surface area contributed by atoms with Crippen LogP contribution >= 0.6 is 0 Å². The molecule has 4 rings (SSSR count). The molecule has 0 aliphatic carbocycles. The molecule has 11 nitrogen and oxygen atoms in total. The van der Waals surface area contributed by atoms with Crippen LogP contribution in [0.15, 0.2) is 47.4 Å². The quantitative estimate of drug-likeness (QED) is 0.498. The summed E-state index contributed by atoms with van der Waals surface area (Å²) in [6.45, 7) is 5.36. The molecule has 0 spiro atoms. The van der Waals surface area contributed by atoms with Gasteiger partial charge in [-0.25, -0.2) is 17.9 Å². The number of ether oxygens (including phenoxy) is 2. The molecular weight excluding hydrogens is 462 g/mol. The van der Waals surface area contributed by atoms with Gasteiger partial charge >= 0.3 is 5.97 Å². The second kappa shape index (κ2) is 9.87. The topological polar surface area (TPSA) is 133 Å². The van der Waals surface area contributed by atoms with Crippen LogP contribution in [0.4, 0.5) is 5.69 Å². The Morgan fingerprint density at radius 3 is 2.53 bits per heavy atom. The lowest BCUT2D eigenvalue weighted by Gasteiger charge is -2.26. The third kappa shape index (κ3) is 4.93. The third-order valence-electron chi connectivity index (χ3n) is 5.43. The van der Waals surface area contributed by atoms with Gasteiger partial charge in [-0.3, -0.25) is 4.79 Å². The van der Waals surface area contributed by atoms with Gasteiger partial charge in [0.1, 0.15) is 5.52 Å². The first-order valence-electron chi connectivity index (χ1n) is 10.8. The summed E-state index contributed by atoms with van der Waals surface area (Å²) in [6.07, 6.45) is -1.08. The molecule has 2 aromatic carbocycles. The van der Waals surface area contributed by atoms with Gasteiger partial charge in [-0.05, 0) is 56.3 Å². The van der Waals surface area contributed by atoms with Gasteiger partial charge in [-0.2, -0.15) is 4.31 Å². The highest BCUT2D eigenvalue weighted by atomic mass is 32.2. The smallest absolute Gasteiger partial charge is 0.338 e. The summed E-state index contributed by atoms with van der Waals surface area (Å²) in [5.74, 6) is -1.21. The Hall–Kier alpha value is -3.35. The molecule has 1 fully saturated rings. The lowest BCUT2D eigenvalue weighted by Crippen LogP contribution is -2.40. The van der Waals surface area contributed by atoms with Crippen LogP contribution in [0.25, 0.3) is 11.0 Å². The Morgan fingerprint density at radius 2 is 1.85 bits per heavy atom. The van der Waals surface area contributed by atoms with E-state index >= 15 is 0 Å². The van der Waals surface area contributed by atoms with Crippen LogP contribution < -0.4 is 5.32 Å². The summed E-state index contributed by atoms with van der Waals surface area (Å²) < 4.78 is 39.0. The van der Waals surface area contributed by atoms with Gasteiger partial charge in [0, 0.05) is 25.3 Å². The number of aryl methyl sites for hydroxylation is 1. The summed E-state index contributed by atoms with van der Waals surface area (Å²) in [5.41, 5.74) is 1.99. The third-order valence-corrected chi connectivity index (χ3v) is 7.34. The van der Waals surface area contributed by atoms with Crippen molar-refractivity contribution < 1.29 is 27.5 Å². The number of carbonyl (C=O) groups is 2. The summed E-state index contributed by atoms with van der Waals surface area (Å²) in [7, 11) is -3.63. The highest BCUT2D eigenvalue weighted by Gasteiger charge is 2.26. The fourth-order valence-electron chi connectivity index (χ4n) is 3.50. The number of rotatable bonds is 7. The first-order chi connectivity index (χ1) is 16.3. The summed E-state index contributed by atoms with van der Waals surface area (Å²) >= 11 is 0. The minimum Gasteiger partial charge on any atom is -0.449 e. The van der Waals surface area contributed by atoms with Crippen molar-refractivity contribution in [3.63, 3.8) is 0 Å². The summed E-state index contributed by atoms with van der Waals surface area (Å²) in [5, 5.41) is 10.7. The molecule has 0 saturated carbocycles. The van der Waals surface area contributed by atoms with Crippen molar-refractivity contribution in [2.45, 2.75) is 31.4 Å². The molecule has 3 aromatic rings. The standard InChI is InChI=1S/C22H25N5O6S/c1-3-27-20-9-4-16(14-19(20)24-25-27)22(29)33-15(2)21(28)23-17-5-7-18(8-6-17)34(30,31)26-10-12-32-13-11-26/h4-9,14-15H,3,10-13H2,1-2H3,(H,23,28)/t15-/m0/s1. The molecule has 1 saturated heterocycles. The van der Waals surface area contributed by atoms with E-state index in [0.29, 0.717) is 44.1 Å². The molecule has 0 unspecified atom stereocenters. The van der Waals surface area contributed by atoms with E-state index in [-0.39, 0.29) is 10.5 Å². The van der Waals surface area contributed by atoms with E-state index in [2.05, 4.69) is 15.6 Å². The van der Waals surface area contributed by atoms with Crippen LogP contribution in [0.5, 0.6) is 0 Å². The number of benzene rings is 2. The predicted octanol–water partition coefficient (Wildman–Crippen LogP) is 1.66. The van der Waals surface area contributed by atoms with Gasteiger partial charge in [-0.1, -0.05) is 5.21 Å². The number of nitrogens with one attached hydrogen (secondary N) is 1. The number of amides is 1. The lowest BCUT2D eigenvalue weighted by atomic mass is 10.2. The number of nitrogens with zero attached hydrogens (tertiary/aromatic N) is 4. The lowest BCUT2D eigenvalue weighted by molar-refractivity contribution is -0.123. The van der Waals surface area contributed by atoms with Crippen LogP contribution in [0.1, 0.15) is 24.2 Å². The average molecular weight is 488 g/mol. The fraction of sp³-hybridized carbons (Fsp3) is 0.364. The first kappa shape index (κ1) is 23.8. The van der Waals surface area contributed by atoms with Crippen LogP contribution in [0.2, 0.25) is 0 Å². The Bertz CT molecular complexity index is 1300. The maximum absolute atomic E-state index is 12.7. The summed E-state index contributed by atoms with van der Waals surface area (Å²) in [4.78, 5) is 25.1. The van der Waals surface area contributed by atoms with Gasteiger partial charge in [0.15, 0.2) is 6.10 Å². The van der Waals surface area contributed by atoms with E-state index in [0.717, 1.165) is 5.52 Å². The molecule has 180 valence electrons. The molecule has 34 heavy (non-hydrogen) atoms. The van der Waals surface area contributed by atoms with Crippen molar-refractivity contribution in [2.24, 2.45) is 0 Å². The van der Waals surface area contributed by atoms with Crippen molar-refractivity contribution in [2.75, 3.05) is 31.6 Å². The van der Waals surface area contributed by atoms with E-state index < -0.39 is 28.0 Å². The fourth-order valence-corrected chi connectivity index (χ4v) is 4.91. The van der Waals surface area contributed by atoms with Gasteiger partial charge in [0.25, 0.3) is 5.91 Å². The Balaban J connectivity index is 1.37. The van der Waals surface area contributed by atoms with Crippen LogP contribution in [0.3, 0.4) is 0 Å². The number of esters is 1. The van der Waals surface area contributed by atoms with Crippen LogP contribution in [-0.2, 0) is 30.8 Å². The van der Waals surface area contributed by atoms with Crippen molar-refractivity contribution in [1.29, 1.82) is 0 Å². The number of carbonyl (C=O) groups excluding carboxylic acids is 2. The van der Waals surface area contributed by atoms with E-state index in [1.165, 1.54) is 35.5 Å². The minimum absolute atomic E-state index is 0.127. The normalized spacial score (nSPS) is 15.7. The van der Waals surface area contributed by atoms with Crippen LogP contribution in [-0.4, -0.2) is 72.0 Å². The predicted molar refractivity (Wildman–Crippen MR) is 123 cm³/mol. The van der Waals surface area contributed by atoms with Crippen molar-refractivity contribution >= 4 is 38.6 Å². The van der Waals surface area contributed by atoms with E-state index in [4.69, 9.17) is 9.47 Å². The average Bonchev–Trinajstić information content (AvgIpc) is 3.27. The molecule has 12 heteroatoms. The molecule has 2 heterocycles. The van der Waals surface area contributed by atoms with Crippen LogP contribution in [0, 0.1) is 0 Å². The molecule has 1 atom stereocenters. The number of sulfonamides is 1. The van der Waals surface area contributed by atoms with Crippen molar-refractivity contribution in [3.05, 3.63) is 48.0 Å². The largest absolute Gasteiger partial charge is 0.449 e. The number of anilines is 1. The Labute approximate surface area is 196 Å². The minimum atomic E-state index is -3.63. The highest BCUT2D eigenvalue weighted by molar-refractivity contribution is 7.89. The number of fused-ring (bicyclic) bond motifs is 1. The van der Waals surface area contributed by atoms with Crippen molar-refractivity contribution in [3.8, 4) is 0 Å². The zero-order chi connectivity index (χ0) is 24.3. The molecule has 1 aromatic heterocycles. The monoisotopic (exact) mass is 487 g/mol. The summed E-state index contributed by atoms with van der Waals surface area (Å²) in [6, 6.07) is 10.7. The van der Waals surface area contributed by atoms with Gasteiger partial charge in [0.05, 0.1) is 29.2 Å².